The van der Waals surface area contributed by atoms with Crippen LogP contribution in [0.25, 0.3) is 0 Å². The number of nitrogens with one attached hydrogen (secondary N) is 3. The number of carbonyl (C=O) groups is 1. The van der Waals surface area contributed by atoms with E-state index in [0.717, 1.165) is 37.9 Å². The van der Waals surface area contributed by atoms with E-state index in [-0.39, 0.29) is 29.3 Å². The van der Waals surface area contributed by atoms with Crippen molar-refractivity contribution < 1.29 is 13.2 Å². The molecule has 0 saturated heterocycles. The van der Waals surface area contributed by atoms with Gasteiger partial charge in [0.25, 0.3) is 5.91 Å². The van der Waals surface area contributed by atoms with Gasteiger partial charge in [-0.2, -0.15) is 0 Å². The largest absolute Gasteiger partial charge is 0.348 e. The van der Waals surface area contributed by atoms with Gasteiger partial charge in [0.2, 0.25) is 10.0 Å². The number of amides is 1. The summed E-state index contributed by atoms with van der Waals surface area (Å²) in [6, 6.07) is 4.74. The van der Waals surface area contributed by atoms with Crippen LogP contribution in [0.15, 0.2) is 34.7 Å². The van der Waals surface area contributed by atoms with Gasteiger partial charge in [-0.05, 0) is 50.4 Å². The Morgan fingerprint density at radius 2 is 2.08 bits per heavy atom. The molecular weight excluding hydrogens is 362 g/mol. The monoisotopic (exact) mass is 385 g/mol. The molecule has 1 aliphatic heterocycles. The number of rotatable bonds is 6. The standard InChI is InChI=1S/C17H23N3O3S.ClH/c1-12-2-5-15(24(22,23)20-14-3-4-14)10-16(12)17(21)19-11-13-6-8-18-9-7-13;/h2,5-6,10,14,18,20H,3-4,7-9,11H2,1H3,(H,19,21);1H. The van der Waals surface area contributed by atoms with Crippen LogP contribution in [0.5, 0.6) is 0 Å². The molecule has 1 aromatic carbocycles. The minimum absolute atomic E-state index is 0. The smallest absolute Gasteiger partial charge is 0.251 e. The molecular formula is C17H24ClN3O3S. The topological polar surface area (TPSA) is 87.3 Å². The summed E-state index contributed by atoms with van der Waals surface area (Å²) in [6.07, 6.45) is 4.75. The molecule has 1 saturated carbocycles. The second-order valence-corrected chi connectivity index (χ2v) is 8.09. The Bertz CT molecular complexity index is 773. The Morgan fingerprint density at radius 3 is 2.72 bits per heavy atom. The van der Waals surface area contributed by atoms with E-state index in [9.17, 15) is 13.2 Å². The van der Waals surface area contributed by atoms with Gasteiger partial charge in [-0.3, -0.25) is 4.79 Å². The Balaban J connectivity index is 0.00000225. The van der Waals surface area contributed by atoms with Crippen LogP contribution in [0.1, 0.15) is 35.2 Å². The van der Waals surface area contributed by atoms with Gasteiger partial charge >= 0.3 is 0 Å². The Labute approximate surface area is 154 Å². The SMILES string of the molecule is Cc1ccc(S(=O)(=O)NC2CC2)cc1C(=O)NCC1=CCNCC1.Cl. The highest BCUT2D eigenvalue weighted by molar-refractivity contribution is 7.89. The van der Waals surface area contributed by atoms with E-state index >= 15 is 0 Å². The number of benzene rings is 1. The zero-order chi connectivity index (χ0) is 17.2. The van der Waals surface area contributed by atoms with Crippen molar-refractivity contribution in [2.24, 2.45) is 0 Å². The van der Waals surface area contributed by atoms with Crippen LogP contribution in [0.3, 0.4) is 0 Å². The van der Waals surface area contributed by atoms with Gasteiger partial charge in [0, 0.05) is 24.7 Å². The molecule has 0 radical (unpaired) electrons. The summed E-state index contributed by atoms with van der Waals surface area (Å²) in [5, 5.41) is 6.12. The van der Waals surface area contributed by atoms with Crippen molar-refractivity contribution in [1.82, 2.24) is 15.4 Å². The average molecular weight is 386 g/mol. The van der Waals surface area contributed by atoms with Crippen molar-refractivity contribution in [2.45, 2.75) is 37.1 Å². The first-order valence-electron chi connectivity index (χ1n) is 8.25. The molecule has 0 spiro atoms. The summed E-state index contributed by atoms with van der Waals surface area (Å²) in [7, 11) is -3.55. The molecule has 3 rings (SSSR count). The zero-order valence-corrected chi connectivity index (χ0v) is 15.8. The minimum Gasteiger partial charge on any atom is -0.348 e. The molecule has 0 aromatic heterocycles. The quantitative estimate of drug-likeness (QED) is 0.648. The third kappa shape index (κ3) is 5.28. The maximum absolute atomic E-state index is 12.5. The second kappa shape index (κ2) is 8.31. The average Bonchev–Trinajstić information content (AvgIpc) is 3.37. The lowest BCUT2D eigenvalue weighted by Crippen LogP contribution is -2.30. The third-order valence-electron chi connectivity index (χ3n) is 4.30. The van der Waals surface area contributed by atoms with Gasteiger partial charge in [0.1, 0.15) is 0 Å². The van der Waals surface area contributed by atoms with Crippen molar-refractivity contribution in [2.75, 3.05) is 19.6 Å². The van der Waals surface area contributed by atoms with E-state index in [1.807, 2.05) is 6.92 Å². The fraction of sp³-hybridized carbons (Fsp3) is 0.471. The molecule has 6 nitrogen and oxygen atoms in total. The number of hydrogen-bond acceptors (Lipinski definition) is 4. The van der Waals surface area contributed by atoms with Gasteiger partial charge in [0.15, 0.2) is 0 Å². The Hall–Kier alpha value is -1.41. The fourth-order valence-corrected chi connectivity index (χ4v) is 3.95. The Morgan fingerprint density at radius 1 is 1.32 bits per heavy atom. The maximum Gasteiger partial charge on any atom is 0.251 e. The predicted octanol–water partition coefficient (Wildman–Crippen LogP) is 1.51. The van der Waals surface area contributed by atoms with Crippen LogP contribution >= 0.6 is 12.4 Å². The highest BCUT2D eigenvalue weighted by atomic mass is 35.5. The molecule has 0 bridgehead atoms. The van der Waals surface area contributed by atoms with Crippen molar-refractivity contribution in [3.63, 3.8) is 0 Å². The van der Waals surface area contributed by atoms with Crippen LogP contribution in [0.2, 0.25) is 0 Å². The zero-order valence-electron chi connectivity index (χ0n) is 14.2. The van der Waals surface area contributed by atoms with Crippen molar-refractivity contribution in [3.05, 3.63) is 41.0 Å². The lowest BCUT2D eigenvalue weighted by molar-refractivity contribution is 0.0956. The second-order valence-electron chi connectivity index (χ2n) is 6.37. The molecule has 1 heterocycles. The van der Waals surface area contributed by atoms with Crippen LogP contribution < -0.4 is 15.4 Å². The third-order valence-corrected chi connectivity index (χ3v) is 5.82. The van der Waals surface area contributed by atoms with Gasteiger partial charge in [0.05, 0.1) is 4.90 Å². The minimum atomic E-state index is -3.55. The summed E-state index contributed by atoms with van der Waals surface area (Å²) in [5.41, 5.74) is 2.36. The van der Waals surface area contributed by atoms with E-state index in [1.54, 1.807) is 12.1 Å². The van der Waals surface area contributed by atoms with E-state index in [2.05, 4.69) is 21.4 Å². The summed E-state index contributed by atoms with van der Waals surface area (Å²) >= 11 is 0. The Kier molecular flexibility index (Phi) is 6.62. The normalized spacial score (nSPS) is 17.4. The molecule has 3 N–H and O–H groups in total. The summed E-state index contributed by atoms with van der Waals surface area (Å²) in [6.45, 7) is 4.05. The fourth-order valence-electron chi connectivity index (χ4n) is 2.62. The highest BCUT2D eigenvalue weighted by Crippen LogP contribution is 2.23. The molecule has 0 atom stereocenters. The molecule has 1 aromatic rings. The predicted molar refractivity (Wildman–Crippen MR) is 99.7 cm³/mol. The summed E-state index contributed by atoms with van der Waals surface area (Å²) in [5.74, 6) is -0.240. The lowest BCUT2D eigenvalue weighted by Gasteiger charge is -2.15. The van der Waals surface area contributed by atoms with Crippen LogP contribution in [-0.2, 0) is 10.0 Å². The van der Waals surface area contributed by atoms with Crippen LogP contribution in [-0.4, -0.2) is 40.0 Å². The van der Waals surface area contributed by atoms with Gasteiger partial charge in [-0.1, -0.05) is 17.7 Å². The molecule has 138 valence electrons. The van der Waals surface area contributed by atoms with E-state index in [1.165, 1.54) is 11.6 Å². The van der Waals surface area contributed by atoms with Crippen molar-refractivity contribution in [1.29, 1.82) is 0 Å². The number of aryl methyl sites for hydroxylation is 1. The molecule has 1 aliphatic carbocycles. The van der Waals surface area contributed by atoms with E-state index in [0.29, 0.717) is 12.1 Å². The first-order valence-corrected chi connectivity index (χ1v) is 9.74. The molecule has 2 aliphatic rings. The van der Waals surface area contributed by atoms with Crippen molar-refractivity contribution >= 4 is 28.3 Å². The summed E-state index contributed by atoms with van der Waals surface area (Å²) in [4.78, 5) is 12.6. The maximum atomic E-state index is 12.5. The van der Waals surface area contributed by atoms with Crippen molar-refractivity contribution in [3.8, 4) is 0 Å². The van der Waals surface area contributed by atoms with Gasteiger partial charge in [-0.25, -0.2) is 13.1 Å². The molecule has 0 unspecified atom stereocenters. The van der Waals surface area contributed by atoms with Gasteiger partial charge < -0.3 is 10.6 Å². The molecule has 1 amide bonds. The molecule has 8 heteroatoms. The first kappa shape index (κ1) is 19.9. The van der Waals surface area contributed by atoms with E-state index in [4.69, 9.17) is 0 Å². The number of hydrogen-bond donors (Lipinski definition) is 3. The lowest BCUT2D eigenvalue weighted by atomic mass is 10.1. The van der Waals surface area contributed by atoms with Crippen LogP contribution in [0, 0.1) is 6.92 Å². The highest BCUT2D eigenvalue weighted by Gasteiger charge is 2.28. The number of carbonyl (C=O) groups excluding carboxylic acids is 1. The molecule has 1 fully saturated rings. The van der Waals surface area contributed by atoms with Gasteiger partial charge in [-0.15, -0.1) is 12.4 Å². The van der Waals surface area contributed by atoms with Crippen LogP contribution in [0.4, 0.5) is 0 Å². The number of halogens is 1. The first-order chi connectivity index (χ1) is 11.5. The summed E-state index contributed by atoms with van der Waals surface area (Å²) < 4.78 is 27.3. The molecule has 25 heavy (non-hydrogen) atoms. The van der Waals surface area contributed by atoms with E-state index < -0.39 is 10.0 Å². The number of sulfonamides is 1.